The van der Waals surface area contributed by atoms with Crippen molar-refractivity contribution >= 4 is 28.9 Å². The number of piperazine rings is 1. The molecular weight excluding hydrogens is 390 g/mol. The number of rotatable bonds is 5. The maximum Gasteiger partial charge on any atom is 0.270 e. The molecular formula is C25H23N3O3. The van der Waals surface area contributed by atoms with Crippen LogP contribution < -0.4 is 4.90 Å². The van der Waals surface area contributed by atoms with Crippen molar-refractivity contribution in [1.29, 1.82) is 0 Å². The highest BCUT2D eigenvalue weighted by Crippen LogP contribution is 2.24. The van der Waals surface area contributed by atoms with Crippen molar-refractivity contribution in [3.8, 4) is 0 Å². The zero-order valence-electron chi connectivity index (χ0n) is 17.1. The molecule has 0 unspecified atom stereocenters. The molecule has 4 rings (SSSR count). The molecule has 0 saturated carbocycles. The summed E-state index contributed by atoms with van der Waals surface area (Å²) in [6.45, 7) is 2.75. The van der Waals surface area contributed by atoms with Gasteiger partial charge in [-0.2, -0.15) is 0 Å². The van der Waals surface area contributed by atoms with Crippen molar-refractivity contribution in [3.63, 3.8) is 0 Å². The number of non-ortho nitro benzene ring substituents is 1. The highest BCUT2D eigenvalue weighted by molar-refractivity contribution is 6.24. The third-order valence-electron chi connectivity index (χ3n) is 5.40. The summed E-state index contributed by atoms with van der Waals surface area (Å²) in [4.78, 5) is 28.3. The molecule has 1 saturated heterocycles. The number of hydrogen-bond acceptors (Lipinski definition) is 4. The lowest BCUT2D eigenvalue weighted by molar-refractivity contribution is -0.384. The summed E-state index contributed by atoms with van der Waals surface area (Å²) in [5.74, 6) is -0.0644. The highest BCUT2D eigenvalue weighted by atomic mass is 16.6. The van der Waals surface area contributed by atoms with Crippen LogP contribution in [0.5, 0.6) is 0 Å². The first-order chi connectivity index (χ1) is 15.1. The van der Waals surface area contributed by atoms with Crippen LogP contribution in [-0.2, 0) is 4.79 Å². The SMILES string of the molecule is O=C(C(=Cc1cccc([N+](=O)[O-])c1)c1ccccc1)N1CCN(c2ccccc2)CC1. The maximum atomic E-state index is 13.5. The number of carbonyl (C=O) groups is 1. The molecule has 3 aromatic carbocycles. The van der Waals surface area contributed by atoms with E-state index in [1.165, 1.54) is 12.1 Å². The Hall–Kier alpha value is -3.93. The molecule has 0 aromatic heterocycles. The highest BCUT2D eigenvalue weighted by Gasteiger charge is 2.24. The quantitative estimate of drug-likeness (QED) is 0.268. The number of hydrogen-bond donors (Lipinski definition) is 0. The van der Waals surface area contributed by atoms with E-state index in [-0.39, 0.29) is 11.6 Å². The maximum absolute atomic E-state index is 13.5. The van der Waals surface area contributed by atoms with E-state index in [4.69, 9.17) is 0 Å². The fourth-order valence-corrected chi connectivity index (χ4v) is 3.76. The first-order valence-electron chi connectivity index (χ1n) is 10.2. The number of nitro groups is 1. The summed E-state index contributed by atoms with van der Waals surface area (Å²) in [6.07, 6.45) is 1.74. The summed E-state index contributed by atoms with van der Waals surface area (Å²) >= 11 is 0. The number of carbonyl (C=O) groups excluding carboxylic acids is 1. The summed E-state index contributed by atoms with van der Waals surface area (Å²) in [5.41, 5.74) is 3.12. The van der Waals surface area contributed by atoms with Crippen LogP contribution in [0.15, 0.2) is 84.9 Å². The molecule has 1 amide bonds. The van der Waals surface area contributed by atoms with Crippen molar-refractivity contribution in [1.82, 2.24) is 4.90 Å². The topological polar surface area (TPSA) is 66.7 Å². The molecule has 6 nitrogen and oxygen atoms in total. The third-order valence-corrected chi connectivity index (χ3v) is 5.40. The van der Waals surface area contributed by atoms with Crippen LogP contribution in [0.25, 0.3) is 11.6 Å². The Labute approximate surface area is 181 Å². The largest absolute Gasteiger partial charge is 0.368 e. The van der Waals surface area contributed by atoms with Crippen molar-refractivity contribution < 1.29 is 9.72 Å². The van der Waals surface area contributed by atoms with Crippen molar-refractivity contribution in [2.24, 2.45) is 0 Å². The van der Waals surface area contributed by atoms with Crippen LogP contribution in [0, 0.1) is 10.1 Å². The van der Waals surface area contributed by atoms with Crippen LogP contribution in [-0.4, -0.2) is 41.9 Å². The van der Waals surface area contributed by atoms with E-state index in [1.54, 1.807) is 18.2 Å². The molecule has 3 aromatic rings. The van der Waals surface area contributed by atoms with Gasteiger partial charge in [-0.05, 0) is 29.3 Å². The number of benzene rings is 3. The lowest BCUT2D eigenvalue weighted by Gasteiger charge is -2.36. The van der Waals surface area contributed by atoms with Gasteiger partial charge in [-0.25, -0.2) is 0 Å². The van der Waals surface area contributed by atoms with Crippen molar-refractivity contribution in [2.75, 3.05) is 31.1 Å². The van der Waals surface area contributed by atoms with E-state index in [0.717, 1.165) is 24.3 Å². The molecule has 31 heavy (non-hydrogen) atoms. The van der Waals surface area contributed by atoms with Gasteiger partial charge in [0.1, 0.15) is 0 Å². The summed E-state index contributed by atoms with van der Waals surface area (Å²) in [7, 11) is 0. The van der Waals surface area contributed by atoms with E-state index < -0.39 is 4.92 Å². The second kappa shape index (κ2) is 9.26. The number of nitro benzene ring substituents is 1. The lowest BCUT2D eigenvalue weighted by atomic mass is 10.0. The number of anilines is 1. The Morgan fingerprint density at radius 2 is 1.48 bits per heavy atom. The summed E-state index contributed by atoms with van der Waals surface area (Å²) in [6, 6.07) is 26.0. The molecule has 0 spiro atoms. The standard InChI is InChI=1S/C25H23N3O3/c29-25(27-16-14-26(15-17-27)22-11-5-2-6-12-22)24(21-9-3-1-4-10-21)19-20-8-7-13-23(18-20)28(30)31/h1-13,18-19H,14-17H2. The Morgan fingerprint density at radius 3 is 2.13 bits per heavy atom. The van der Waals surface area contributed by atoms with Crippen LogP contribution >= 0.6 is 0 Å². The number of para-hydroxylation sites is 1. The Bertz CT molecular complexity index is 1090. The van der Waals surface area contributed by atoms with Gasteiger partial charge in [0.2, 0.25) is 0 Å². The molecule has 1 fully saturated rings. The second-order valence-electron chi connectivity index (χ2n) is 7.39. The molecule has 0 aliphatic carbocycles. The van der Waals surface area contributed by atoms with E-state index in [0.29, 0.717) is 24.2 Å². The Kier molecular flexibility index (Phi) is 6.08. The van der Waals surface area contributed by atoms with Gasteiger partial charge in [0.15, 0.2) is 0 Å². The fraction of sp³-hybridized carbons (Fsp3) is 0.160. The smallest absolute Gasteiger partial charge is 0.270 e. The average Bonchev–Trinajstić information content (AvgIpc) is 2.83. The monoisotopic (exact) mass is 413 g/mol. The predicted octanol–water partition coefficient (Wildman–Crippen LogP) is 4.48. The third kappa shape index (κ3) is 4.80. The first kappa shape index (κ1) is 20.3. The molecule has 0 bridgehead atoms. The molecule has 1 aliphatic rings. The minimum absolute atomic E-state index is 0.00471. The van der Waals surface area contributed by atoms with Crippen LogP contribution in [0.4, 0.5) is 11.4 Å². The van der Waals surface area contributed by atoms with Crippen molar-refractivity contribution in [3.05, 3.63) is 106 Å². The van der Waals surface area contributed by atoms with Gasteiger partial charge >= 0.3 is 0 Å². The fourth-order valence-electron chi connectivity index (χ4n) is 3.76. The number of nitrogens with zero attached hydrogens (tertiary/aromatic N) is 3. The number of amides is 1. The van der Waals surface area contributed by atoms with Gasteiger partial charge < -0.3 is 9.80 Å². The Morgan fingerprint density at radius 1 is 0.839 bits per heavy atom. The van der Waals surface area contributed by atoms with Gasteiger partial charge in [0, 0.05) is 49.6 Å². The first-order valence-corrected chi connectivity index (χ1v) is 10.2. The van der Waals surface area contributed by atoms with Gasteiger partial charge in [-0.3, -0.25) is 14.9 Å². The zero-order valence-corrected chi connectivity index (χ0v) is 17.1. The molecule has 0 radical (unpaired) electrons. The van der Waals surface area contributed by atoms with Crippen LogP contribution in [0.3, 0.4) is 0 Å². The van der Waals surface area contributed by atoms with E-state index in [1.807, 2.05) is 53.4 Å². The Balaban J connectivity index is 1.59. The summed E-state index contributed by atoms with van der Waals surface area (Å²) in [5, 5.41) is 11.1. The van der Waals surface area contributed by atoms with E-state index in [2.05, 4.69) is 17.0 Å². The normalized spacial score (nSPS) is 14.4. The molecule has 1 aliphatic heterocycles. The van der Waals surface area contributed by atoms with Crippen LogP contribution in [0.2, 0.25) is 0 Å². The van der Waals surface area contributed by atoms with Gasteiger partial charge in [0.25, 0.3) is 11.6 Å². The van der Waals surface area contributed by atoms with E-state index in [9.17, 15) is 14.9 Å². The summed E-state index contributed by atoms with van der Waals surface area (Å²) < 4.78 is 0. The minimum atomic E-state index is -0.426. The molecule has 0 N–H and O–H groups in total. The minimum Gasteiger partial charge on any atom is -0.368 e. The lowest BCUT2D eigenvalue weighted by Crippen LogP contribution is -2.49. The molecule has 6 heteroatoms. The van der Waals surface area contributed by atoms with Crippen LogP contribution in [0.1, 0.15) is 11.1 Å². The zero-order chi connectivity index (χ0) is 21.6. The van der Waals surface area contributed by atoms with E-state index >= 15 is 0 Å². The van der Waals surface area contributed by atoms with Gasteiger partial charge in [0.05, 0.1) is 4.92 Å². The average molecular weight is 413 g/mol. The molecule has 1 heterocycles. The van der Waals surface area contributed by atoms with Gasteiger partial charge in [-0.15, -0.1) is 0 Å². The molecule has 0 atom stereocenters. The molecule has 156 valence electrons. The van der Waals surface area contributed by atoms with Gasteiger partial charge in [-0.1, -0.05) is 60.7 Å². The second-order valence-corrected chi connectivity index (χ2v) is 7.39. The predicted molar refractivity (Wildman–Crippen MR) is 123 cm³/mol. The van der Waals surface area contributed by atoms with Crippen molar-refractivity contribution in [2.45, 2.75) is 0 Å².